The van der Waals surface area contributed by atoms with Gasteiger partial charge < -0.3 is 10.1 Å². The van der Waals surface area contributed by atoms with Crippen molar-refractivity contribution in [1.82, 2.24) is 10.2 Å². The predicted molar refractivity (Wildman–Crippen MR) is 67.0 cm³/mol. The maximum absolute atomic E-state index is 5.37. The lowest BCUT2D eigenvalue weighted by molar-refractivity contribution is 0.187. The van der Waals surface area contributed by atoms with E-state index in [4.69, 9.17) is 4.74 Å². The molecule has 0 amide bonds. The van der Waals surface area contributed by atoms with Crippen LogP contribution in [0.15, 0.2) is 30.5 Å². The molecular formula is C13H15N3O. The van der Waals surface area contributed by atoms with Crippen LogP contribution < -0.4 is 5.32 Å². The number of fused-ring (bicyclic) bond motifs is 1. The molecule has 1 aromatic carbocycles. The van der Waals surface area contributed by atoms with E-state index in [1.807, 2.05) is 18.2 Å². The van der Waals surface area contributed by atoms with Gasteiger partial charge in [0.15, 0.2) is 0 Å². The minimum atomic E-state index is 0.613. The summed E-state index contributed by atoms with van der Waals surface area (Å²) in [5.74, 6) is 0.613. The van der Waals surface area contributed by atoms with Crippen molar-refractivity contribution in [3.63, 3.8) is 0 Å². The van der Waals surface area contributed by atoms with Crippen molar-refractivity contribution in [2.75, 3.05) is 25.1 Å². The number of hydrogen-bond acceptors (Lipinski definition) is 4. The highest BCUT2D eigenvalue weighted by Gasteiger charge is 2.15. The van der Waals surface area contributed by atoms with Gasteiger partial charge in [-0.3, -0.25) is 0 Å². The Morgan fingerprint density at radius 1 is 1.35 bits per heavy atom. The van der Waals surface area contributed by atoms with Crippen LogP contribution in [0.1, 0.15) is 6.42 Å². The van der Waals surface area contributed by atoms with Crippen LogP contribution in [0.5, 0.6) is 0 Å². The smallest absolute Gasteiger partial charge is 0.0950 e. The lowest BCUT2D eigenvalue weighted by Crippen LogP contribution is -2.14. The first-order valence-electron chi connectivity index (χ1n) is 5.95. The van der Waals surface area contributed by atoms with E-state index in [-0.39, 0.29) is 0 Å². The van der Waals surface area contributed by atoms with Gasteiger partial charge >= 0.3 is 0 Å². The molecule has 88 valence electrons. The van der Waals surface area contributed by atoms with Crippen molar-refractivity contribution < 1.29 is 4.74 Å². The van der Waals surface area contributed by atoms with Crippen molar-refractivity contribution in [3.8, 4) is 0 Å². The molecule has 4 heteroatoms. The van der Waals surface area contributed by atoms with Crippen molar-refractivity contribution in [2.45, 2.75) is 6.42 Å². The molecule has 4 nitrogen and oxygen atoms in total. The first kappa shape index (κ1) is 10.5. The number of rotatable bonds is 3. The van der Waals surface area contributed by atoms with E-state index < -0.39 is 0 Å². The van der Waals surface area contributed by atoms with Crippen molar-refractivity contribution in [3.05, 3.63) is 30.5 Å². The van der Waals surface area contributed by atoms with Gasteiger partial charge in [0.05, 0.1) is 24.0 Å². The van der Waals surface area contributed by atoms with Crippen LogP contribution in [0, 0.1) is 5.92 Å². The molecule has 1 saturated heterocycles. The van der Waals surface area contributed by atoms with E-state index in [1.165, 1.54) is 0 Å². The Morgan fingerprint density at radius 3 is 3.18 bits per heavy atom. The van der Waals surface area contributed by atoms with Crippen LogP contribution >= 0.6 is 0 Å². The largest absolute Gasteiger partial charge is 0.383 e. The summed E-state index contributed by atoms with van der Waals surface area (Å²) in [6, 6.07) is 8.04. The van der Waals surface area contributed by atoms with Crippen molar-refractivity contribution >= 4 is 16.6 Å². The first-order valence-corrected chi connectivity index (χ1v) is 5.95. The predicted octanol–water partition coefficient (Wildman–Crippen LogP) is 2.08. The SMILES string of the molecule is c1ccc2c(NCC3CCOC3)cnnc2c1. The summed E-state index contributed by atoms with van der Waals surface area (Å²) < 4.78 is 5.37. The van der Waals surface area contributed by atoms with E-state index >= 15 is 0 Å². The Morgan fingerprint density at radius 2 is 2.29 bits per heavy atom. The highest BCUT2D eigenvalue weighted by Crippen LogP contribution is 2.21. The molecule has 0 aliphatic carbocycles. The Kier molecular flexibility index (Phi) is 2.88. The van der Waals surface area contributed by atoms with Crippen LogP contribution in [0.3, 0.4) is 0 Å². The number of ether oxygens (including phenoxy) is 1. The zero-order valence-electron chi connectivity index (χ0n) is 9.60. The third kappa shape index (κ3) is 2.22. The summed E-state index contributed by atoms with van der Waals surface area (Å²) in [5.41, 5.74) is 1.99. The molecule has 0 spiro atoms. The molecular weight excluding hydrogens is 214 g/mol. The second kappa shape index (κ2) is 4.67. The second-order valence-electron chi connectivity index (χ2n) is 4.39. The van der Waals surface area contributed by atoms with E-state index in [2.05, 4.69) is 21.6 Å². The number of nitrogens with zero attached hydrogens (tertiary/aromatic N) is 2. The molecule has 2 heterocycles. The fourth-order valence-corrected chi connectivity index (χ4v) is 2.15. The van der Waals surface area contributed by atoms with Gasteiger partial charge in [-0.2, -0.15) is 10.2 Å². The lowest BCUT2D eigenvalue weighted by atomic mass is 10.1. The monoisotopic (exact) mass is 229 g/mol. The first-order chi connectivity index (χ1) is 8.43. The van der Waals surface area contributed by atoms with Gasteiger partial charge in [0.1, 0.15) is 0 Å². The molecule has 1 aliphatic rings. The topological polar surface area (TPSA) is 47.0 Å². The van der Waals surface area contributed by atoms with E-state index in [0.29, 0.717) is 5.92 Å². The fraction of sp³-hybridized carbons (Fsp3) is 0.385. The third-order valence-electron chi connectivity index (χ3n) is 3.15. The Labute approximate surface area is 100 Å². The number of nitrogens with one attached hydrogen (secondary N) is 1. The Bertz CT molecular complexity index is 503. The van der Waals surface area contributed by atoms with Crippen LogP contribution in [0.25, 0.3) is 10.9 Å². The van der Waals surface area contributed by atoms with Crippen LogP contribution in [-0.2, 0) is 4.74 Å². The molecule has 3 rings (SSSR count). The molecule has 1 fully saturated rings. The second-order valence-corrected chi connectivity index (χ2v) is 4.39. The molecule has 1 unspecified atom stereocenters. The minimum Gasteiger partial charge on any atom is -0.383 e. The van der Waals surface area contributed by atoms with Gasteiger partial charge in [-0.25, -0.2) is 0 Å². The maximum Gasteiger partial charge on any atom is 0.0950 e. The molecule has 1 aliphatic heterocycles. The summed E-state index contributed by atoms with van der Waals surface area (Å²) in [7, 11) is 0. The Hall–Kier alpha value is -1.68. The quantitative estimate of drug-likeness (QED) is 0.875. The average Bonchev–Trinajstić information content (AvgIpc) is 2.89. The summed E-state index contributed by atoms with van der Waals surface area (Å²) in [4.78, 5) is 0. The van der Waals surface area contributed by atoms with Gasteiger partial charge in [0, 0.05) is 24.5 Å². The zero-order chi connectivity index (χ0) is 11.5. The summed E-state index contributed by atoms with van der Waals surface area (Å²) in [6.45, 7) is 2.70. The molecule has 0 bridgehead atoms. The normalized spacial score (nSPS) is 19.6. The Balaban J connectivity index is 1.79. The van der Waals surface area contributed by atoms with Crippen molar-refractivity contribution in [2.24, 2.45) is 5.92 Å². The van der Waals surface area contributed by atoms with Crippen molar-refractivity contribution in [1.29, 1.82) is 0 Å². The highest BCUT2D eigenvalue weighted by atomic mass is 16.5. The molecule has 17 heavy (non-hydrogen) atoms. The lowest BCUT2D eigenvalue weighted by Gasteiger charge is -2.11. The van der Waals surface area contributed by atoms with E-state index in [9.17, 15) is 0 Å². The van der Waals surface area contributed by atoms with Gasteiger partial charge in [-0.15, -0.1) is 0 Å². The summed E-state index contributed by atoms with van der Waals surface area (Å²) in [5, 5.41) is 12.7. The van der Waals surface area contributed by atoms with Crippen LogP contribution in [-0.4, -0.2) is 30.0 Å². The van der Waals surface area contributed by atoms with E-state index in [1.54, 1.807) is 6.20 Å². The molecule has 1 aromatic heterocycles. The maximum atomic E-state index is 5.37. The third-order valence-corrected chi connectivity index (χ3v) is 3.15. The molecule has 1 N–H and O–H groups in total. The zero-order valence-corrected chi connectivity index (χ0v) is 9.60. The van der Waals surface area contributed by atoms with Gasteiger partial charge in [0.25, 0.3) is 0 Å². The molecule has 2 aromatic rings. The molecule has 0 saturated carbocycles. The average molecular weight is 229 g/mol. The fourth-order valence-electron chi connectivity index (χ4n) is 2.15. The highest BCUT2D eigenvalue weighted by molar-refractivity contribution is 5.90. The number of hydrogen-bond donors (Lipinski definition) is 1. The summed E-state index contributed by atoms with van der Waals surface area (Å²) >= 11 is 0. The van der Waals surface area contributed by atoms with Crippen LogP contribution in [0.2, 0.25) is 0 Å². The van der Waals surface area contributed by atoms with Gasteiger partial charge in [0.2, 0.25) is 0 Å². The standard InChI is InChI=1S/C13H15N3O/c1-2-4-12-11(3-1)13(8-15-16-12)14-7-10-5-6-17-9-10/h1-4,8,10H,5-7,9H2,(H,14,16). The van der Waals surface area contributed by atoms with Gasteiger partial charge in [-0.05, 0) is 12.5 Å². The molecule has 1 atom stereocenters. The number of anilines is 1. The summed E-state index contributed by atoms with van der Waals surface area (Å²) in [6.07, 6.45) is 2.93. The number of aromatic nitrogens is 2. The van der Waals surface area contributed by atoms with Crippen LogP contribution in [0.4, 0.5) is 5.69 Å². The van der Waals surface area contributed by atoms with E-state index in [0.717, 1.165) is 42.8 Å². The molecule has 0 radical (unpaired) electrons. The number of benzene rings is 1. The van der Waals surface area contributed by atoms with Gasteiger partial charge in [-0.1, -0.05) is 18.2 Å². The minimum absolute atomic E-state index is 0.613.